The fraction of sp³-hybridized carbons (Fsp3) is 0.100. The Labute approximate surface area is 172 Å². The van der Waals surface area contributed by atoms with Gasteiger partial charge in [-0.2, -0.15) is 13.2 Å². The Morgan fingerprint density at radius 1 is 1.03 bits per heavy atom. The van der Waals surface area contributed by atoms with Gasteiger partial charge in [-0.25, -0.2) is 15.0 Å². The second-order valence-electron chi connectivity index (χ2n) is 6.28. The van der Waals surface area contributed by atoms with Crippen molar-refractivity contribution in [3.8, 4) is 0 Å². The van der Waals surface area contributed by atoms with E-state index >= 15 is 0 Å². The molecule has 2 aromatic heterocycles. The summed E-state index contributed by atoms with van der Waals surface area (Å²) in [6.45, 7) is -0.0123. The highest BCUT2D eigenvalue weighted by molar-refractivity contribution is 7.22. The lowest BCUT2D eigenvalue weighted by atomic mass is 10.1. The van der Waals surface area contributed by atoms with Gasteiger partial charge in [0.15, 0.2) is 5.13 Å². The van der Waals surface area contributed by atoms with Crippen LogP contribution in [0.3, 0.4) is 0 Å². The summed E-state index contributed by atoms with van der Waals surface area (Å²) >= 11 is 1.34. The molecule has 2 heterocycles. The van der Waals surface area contributed by atoms with E-state index in [1.807, 2.05) is 0 Å². The number of benzene rings is 2. The van der Waals surface area contributed by atoms with Crippen molar-refractivity contribution in [1.29, 1.82) is 0 Å². The minimum Gasteiger partial charge on any atom is -0.348 e. The van der Waals surface area contributed by atoms with E-state index in [0.29, 0.717) is 27.7 Å². The second-order valence-corrected chi connectivity index (χ2v) is 7.31. The summed E-state index contributed by atoms with van der Waals surface area (Å²) in [4.78, 5) is 25.0. The normalized spacial score (nSPS) is 11.4. The first-order valence-electron chi connectivity index (χ1n) is 8.77. The quantitative estimate of drug-likeness (QED) is 0.477. The topological polar surface area (TPSA) is 79.8 Å². The van der Waals surface area contributed by atoms with Gasteiger partial charge in [0, 0.05) is 24.5 Å². The van der Waals surface area contributed by atoms with Crippen molar-refractivity contribution in [2.45, 2.75) is 12.7 Å². The minimum atomic E-state index is -4.42. The molecule has 0 saturated carbocycles. The van der Waals surface area contributed by atoms with Crippen LogP contribution in [0.25, 0.3) is 10.2 Å². The van der Waals surface area contributed by atoms with Gasteiger partial charge in [-0.15, -0.1) is 0 Å². The van der Waals surface area contributed by atoms with Crippen molar-refractivity contribution in [3.63, 3.8) is 0 Å². The van der Waals surface area contributed by atoms with Crippen molar-refractivity contribution in [2.75, 3.05) is 5.32 Å². The predicted octanol–water partition coefficient (Wildman–Crippen LogP) is 4.78. The molecule has 0 saturated heterocycles. The van der Waals surface area contributed by atoms with E-state index in [-0.39, 0.29) is 12.5 Å². The van der Waals surface area contributed by atoms with Gasteiger partial charge in [-0.05, 0) is 42.0 Å². The zero-order chi connectivity index (χ0) is 21.1. The third-order valence-corrected chi connectivity index (χ3v) is 5.08. The largest absolute Gasteiger partial charge is 0.416 e. The molecule has 6 nitrogen and oxygen atoms in total. The Morgan fingerprint density at radius 2 is 1.83 bits per heavy atom. The van der Waals surface area contributed by atoms with Crippen molar-refractivity contribution >= 4 is 38.5 Å². The molecule has 0 unspecified atom stereocenters. The second kappa shape index (κ2) is 8.07. The lowest BCUT2D eigenvalue weighted by Gasteiger charge is -2.09. The van der Waals surface area contributed by atoms with E-state index in [9.17, 15) is 18.0 Å². The number of carbonyl (C=O) groups excluding carboxylic acids is 1. The lowest BCUT2D eigenvalue weighted by Crippen LogP contribution is -2.22. The van der Waals surface area contributed by atoms with E-state index in [4.69, 9.17) is 0 Å². The SMILES string of the molecule is O=C(NCc1cccc(C(F)(F)F)c1)c1ccc2nc(Nc3ncccn3)sc2c1. The van der Waals surface area contributed by atoms with E-state index in [0.717, 1.165) is 16.8 Å². The number of halogens is 3. The van der Waals surface area contributed by atoms with Crippen LogP contribution in [0.15, 0.2) is 60.9 Å². The van der Waals surface area contributed by atoms with Crippen molar-refractivity contribution in [1.82, 2.24) is 20.3 Å². The highest BCUT2D eigenvalue weighted by Gasteiger charge is 2.30. The fourth-order valence-corrected chi connectivity index (χ4v) is 3.62. The third kappa shape index (κ3) is 4.54. The maximum Gasteiger partial charge on any atom is 0.416 e. The van der Waals surface area contributed by atoms with Crippen LogP contribution < -0.4 is 10.6 Å². The molecule has 0 atom stereocenters. The van der Waals surface area contributed by atoms with Crippen molar-refractivity contribution in [3.05, 3.63) is 77.6 Å². The number of alkyl halides is 3. The number of nitrogens with one attached hydrogen (secondary N) is 2. The predicted molar refractivity (Wildman–Crippen MR) is 108 cm³/mol. The molecule has 4 rings (SSSR count). The molecule has 0 aliphatic rings. The molecule has 2 aromatic carbocycles. The monoisotopic (exact) mass is 429 g/mol. The van der Waals surface area contributed by atoms with Crippen LogP contribution in [-0.2, 0) is 12.7 Å². The summed E-state index contributed by atoms with van der Waals surface area (Å²) in [7, 11) is 0. The standard InChI is InChI=1S/C20H14F3N5OS/c21-20(22,23)14-4-1-3-12(9-14)11-26-17(29)13-5-6-15-16(10-13)30-19(27-15)28-18-24-7-2-8-25-18/h1-10H,11H2,(H,26,29)(H,24,25,27,28). The van der Waals surface area contributed by atoms with Gasteiger partial charge >= 0.3 is 6.18 Å². The van der Waals surface area contributed by atoms with Crippen LogP contribution in [0, 0.1) is 0 Å². The number of hydrogen-bond acceptors (Lipinski definition) is 6. The first kappa shape index (κ1) is 19.8. The van der Waals surface area contributed by atoms with E-state index < -0.39 is 11.7 Å². The molecule has 30 heavy (non-hydrogen) atoms. The highest BCUT2D eigenvalue weighted by atomic mass is 32.1. The van der Waals surface area contributed by atoms with Crippen LogP contribution >= 0.6 is 11.3 Å². The zero-order valence-electron chi connectivity index (χ0n) is 15.3. The van der Waals surface area contributed by atoms with Crippen LogP contribution in [-0.4, -0.2) is 20.9 Å². The summed E-state index contributed by atoms with van der Waals surface area (Å²) in [6, 6.07) is 11.6. The minimum absolute atomic E-state index is 0.0123. The average molecular weight is 429 g/mol. The molecule has 10 heteroatoms. The number of anilines is 2. The first-order chi connectivity index (χ1) is 14.4. The first-order valence-corrected chi connectivity index (χ1v) is 9.59. The summed E-state index contributed by atoms with van der Waals surface area (Å²) < 4.78 is 39.2. The highest BCUT2D eigenvalue weighted by Crippen LogP contribution is 2.30. The molecule has 0 radical (unpaired) electrons. The molecule has 4 aromatic rings. The van der Waals surface area contributed by atoms with Crippen LogP contribution in [0.2, 0.25) is 0 Å². The number of rotatable bonds is 5. The summed E-state index contributed by atoms with van der Waals surface area (Å²) in [6.07, 6.45) is -1.21. The third-order valence-electron chi connectivity index (χ3n) is 4.14. The maximum absolute atomic E-state index is 12.8. The van der Waals surface area contributed by atoms with Crippen molar-refractivity contribution in [2.24, 2.45) is 0 Å². The Hall–Kier alpha value is -3.53. The molecule has 0 fully saturated rings. The van der Waals surface area contributed by atoms with E-state index in [1.54, 1.807) is 36.7 Å². The Kier molecular flexibility index (Phi) is 5.32. The van der Waals surface area contributed by atoms with Gasteiger partial charge in [0.2, 0.25) is 5.95 Å². The van der Waals surface area contributed by atoms with Gasteiger partial charge in [-0.1, -0.05) is 23.5 Å². The number of fused-ring (bicyclic) bond motifs is 1. The Bertz CT molecular complexity index is 1190. The summed E-state index contributed by atoms with van der Waals surface area (Å²) in [5.74, 6) is 0.0271. The molecule has 0 aliphatic carbocycles. The lowest BCUT2D eigenvalue weighted by molar-refractivity contribution is -0.137. The Balaban J connectivity index is 1.46. The molecule has 2 N–H and O–H groups in total. The van der Waals surface area contributed by atoms with Crippen LogP contribution in [0.4, 0.5) is 24.3 Å². The summed E-state index contributed by atoms with van der Waals surface area (Å²) in [5.41, 5.74) is 0.711. The Morgan fingerprint density at radius 3 is 2.60 bits per heavy atom. The van der Waals surface area contributed by atoms with Gasteiger partial charge in [0.05, 0.1) is 15.8 Å². The maximum atomic E-state index is 12.8. The number of nitrogens with zero attached hydrogens (tertiary/aromatic N) is 3. The fourth-order valence-electron chi connectivity index (χ4n) is 2.72. The van der Waals surface area contributed by atoms with E-state index in [1.165, 1.54) is 23.5 Å². The number of thiazole rings is 1. The van der Waals surface area contributed by atoms with Gasteiger partial charge in [0.25, 0.3) is 5.91 Å². The molecule has 0 spiro atoms. The molecule has 0 bridgehead atoms. The number of amides is 1. The molecular formula is C20H14F3N5OS. The number of carbonyl (C=O) groups is 1. The van der Waals surface area contributed by atoms with E-state index in [2.05, 4.69) is 25.6 Å². The number of aromatic nitrogens is 3. The molecular weight excluding hydrogens is 415 g/mol. The smallest absolute Gasteiger partial charge is 0.348 e. The molecule has 152 valence electrons. The number of hydrogen-bond donors (Lipinski definition) is 2. The summed E-state index contributed by atoms with van der Waals surface area (Å²) in [5, 5.41) is 6.23. The van der Waals surface area contributed by atoms with Gasteiger partial charge in [-0.3, -0.25) is 4.79 Å². The van der Waals surface area contributed by atoms with Gasteiger partial charge < -0.3 is 10.6 Å². The zero-order valence-corrected chi connectivity index (χ0v) is 16.1. The van der Waals surface area contributed by atoms with Crippen LogP contribution in [0.1, 0.15) is 21.5 Å². The molecule has 1 amide bonds. The van der Waals surface area contributed by atoms with Gasteiger partial charge in [0.1, 0.15) is 0 Å². The molecule has 0 aliphatic heterocycles. The average Bonchev–Trinajstić information content (AvgIpc) is 3.13. The van der Waals surface area contributed by atoms with Crippen LogP contribution in [0.5, 0.6) is 0 Å². The van der Waals surface area contributed by atoms with Crippen molar-refractivity contribution < 1.29 is 18.0 Å².